The quantitative estimate of drug-likeness (QED) is 0.636. The molecule has 2 nitrogen and oxygen atoms in total. The molecule has 76 valence electrons. The second-order valence-corrected chi connectivity index (χ2v) is 4.35. The van der Waals surface area contributed by atoms with Gasteiger partial charge in [-0.25, -0.2) is 0 Å². The molecule has 2 heteroatoms. The monoisotopic (exact) mass is 184 g/mol. The number of ketones is 2. The summed E-state index contributed by atoms with van der Waals surface area (Å²) in [6, 6.07) is 0. The van der Waals surface area contributed by atoms with E-state index in [4.69, 9.17) is 0 Å². The molecule has 0 saturated carbocycles. The molecule has 0 N–H and O–H groups in total. The van der Waals surface area contributed by atoms with Gasteiger partial charge in [-0.2, -0.15) is 0 Å². The van der Waals surface area contributed by atoms with E-state index in [1.54, 1.807) is 6.92 Å². The predicted molar refractivity (Wildman–Crippen MR) is 53.5 cm³/mol. The minimum Gasteiger partial charge on any atom is -0.300 e. The first-order valence-electron chi connectivity index (χ1n) is 4.93. The average molecular weight is 184 g/mol. The van der Waals surface area contributed by atoms with Gasteiger partial charge in [0.25, 0.3) is 0 Å². The van der Waals surface area contributed by atoms with Gasteiger partial charge in [-0.1, -0.05) is 20.8 Å². The number of Topliss-reactive ketones (excluding diaryl/α,β-unsaturated/α-hetero) is 2. The van der Waals surface area contributed by atoms with Crippen molar-refractivity contribution >= 4 is 11.6 Å². The molecular formula is C11H20O2. The van der Waals surface area contributed by atoms with Gasteiger partial charge in [0.05, 0.1) is 0 Å². The van der Waals surface area contributed by atoms with Crippen molar-refractivity contribution in [2.45, 2.75) is 47.0 Å². The van der Waals surface area contributed by atoms with Crippen LogP contribution in [0.2, 0.25) is 0 Å². The Balaban J connectivity index is 3.71. The molecule has 0 aliphatic rings. The fourth-order valence-corrected chi connectivity index (χ4v) is 1.49. The van der Waals surface area contributed by atoms with E-state index in [-0.39, 0.29) is 17.5 Å². The lowest BCUT2D eigenvalue weighted by Crippen LogP contribution is -2.10. The summed E-state index contributed by atoms with van der Waals surface area (Å²) in [5.41, 5.74) is 0. The smallest absolute Gasteiger partial charge is 0.133 e. The topological polar surface area (TPSA) is 34.1 Å². The van der Waals surface area contributed by atoms with Crippen LogP contribution in [-0.2, 0) is 9.59 Å². The zero-order valence-corrected chi connectivity index (χ0v) is 9.09. The molecule has 1 atom stereocenters. The highest BCUT2D eigenvalue weighted by molar-refractivity contribution is 5.80. The number of carbonyl (C=O) groups excluding carboxylic acids is 2. The Morgan fingerprint density at radius 3 is 1.92 bits per heavy atom. The molecule has 13 heavy (non-hydrogen) atoms. The Morgan fingerprint density at radius 1 is 1.00 bits per heavy atom. The van der Waals surface area contributed by atoms with E-state index in [1.807, 2.05) is 20.8 Å². The summed E-state index contributed by atoms with van der Waals surface area (Å²) in [6.07, 6.45) is 1.73. The minimum atomic E-state index is 0.171. The van der Waals surface area contributed by atoms with Gasteiger partial charge < -0.3 is 4.79 Å². The summed E-state index contributed by atoms with van der Waals surface area (Å²) in [4.78, 5) is 22.1. The average Bonchev–Trinajstić information content (AvgIpc) is 1.80. The number of hydrogen-bond acceptors (Lipinski definition) is 2. The standard InChI is InChI=1S/C11H20O2/c1-8(2)5-11(13)7-9(3)6-10(4)12/h8-9H,5-7H2,1-4H3/t9-/m0/s1. The van der Waals surface area contributed by atoms with Gasteiger partial charge in [0.2, 0.25) is 0 Å². The largest absolute Gasteiger partial charge is 0.300 e. The van der Waals surface area contributed by atoms with Crippen LogP contribution in [0.1, 0.15) is 47.0 Å². The van der Waals surface area contributed by atoms with Crippen LogP contribution in [0.4, 0.5) is 0 Å². The van der Waals surface area contributed by atoms with E-state index in [0.717, 1.165) is 0 Å². The molecule has 0 amide bonds. The molecule has 0 spiro atoms. The Bertz CT molecular complexity index is 183. The third-order valence-corrected chi connectivity index (χ3v) is 1.85. The fourth-order valence-electron chi connectivity index (χ4n) is 1.49. The van der Waals surface area contributed by atoms with Crippen molar-refractivity contribution in [1.29, 1.82) is 0 Å². The second-order valence-electron chi connectivity index (χ2n) is 4.35. The summed E-state index contributed by atoms with van der Waals surface area (Å²) in [6.45, 7) is 7.60. The van der Waals surface area contributed by atoms with Crippen LogP contribution in [0.15, 0.2) is 0 Å². The second kappa shape index (κ2) is 5.90. The molecule has 0 saturated heterocycles. The van der Waals surface area contributed by atoms with Crippen molar-refractivity contribution in [3.05, 3.63) is 0 Å². The van der Waals surface area contributed by atoms with Gasteiger partial charge in [-0.3, -0.25) is 4.79 Å². The van der Waals surface area contributed by atoms with E-state index in [0.29, 0.717) is 25.2 Å². The van der Waals surface area contributed by atoms with Gasteiger partial charge in [0.1, 0.15) is 11.6 Å². The molecule has 0 heterocycles. The van der Waals surface area contributed by atoms with Gasteiger partial charge in [0, 0.05) is 19.3 Å². The van der Waals surface area contributed by atoms with Crippen LogP contribution >= 0.6 is 0 Å². The SMILES string of the molecule is CC(=O)C[C@H](C)CC(=O)CC(C)C. The van der Waals surface area contributed by atoms with Crippen LogP contribution < -0.4 is 0 Å². The van der Waals surface area contributed by atoms with Crippen molar-refractivity contribution in [3.63, 3.8) is 0 Å². The molecule has 0 aromatic heterocycles. The van der Waals surface area contributed by atoms with E-state index < -0.39 is 0 Å². The molecule has 0 unspecified atom stereocenters. The molecular weight excluding hydrogens is 164 g/mol. The van der Waals surface area contributed by atoms with E-state index in [1.165, 1.54) is 0 Å². The van der Waals surface area contributed by atoms with Crippen LogP contribution in [-0.4, -0.2) is 11.6 Å². The maximum Gasteiger partial charge on any atom is 0.133 e. The maximum atomic E-state index is 11.3. The van der Waals surface area contributed by atoms with Gasteiger partial charge in [-0.05, 0) is 18.8 Å². The van der Waals surface area contributed by atoms with E-state index in [9.17, 15) is 9.59 Å². The summed E-state index contributed by atoms with van der Waals surface area (Å²) in [5.74, 6) is 1.09. The molecule has 0 bridgehead atoms. The Morgan fingerprint density at radius 2 is 1.54 bits per heavy atom. The van der Waals surface area contributed by atoms with Crippen molar-refractivity contribution in [3.8, 4) is 0 Å². The van der Waals surface area contributed by atoms with Gasteiger partial charge >= 0.3 is 0 Å². The molecule has 0 radical (unpaired) electrons. The van der Waals surface area contributed by atoms with Crippen LogP contribution in [0.5, 0.6) is 0 Å². The van der Waals surface area contributed by atoms with E-state index in [2.05, 4.69) is 0 Å². The number of hydrogen-bond donors (Lipinski definition) is 0. The lowest BCUT2D eigenvalue weighted by Gasteiger charge is -2.09. The molecule has 0 aromatic carbocycles. The van der Waals surface area contributed by atoms with Crippen LogP contribution in [0, 0.1) is 11.8 Å². The molecule has 0 aromatic rings. The Kier molecular flexibility index (Phi) is 5.60. The maximum absolute atomic E-state index is 11.3. The lowest BCUT2D eigenvalue weighted by atomic mass is 9.95. The predicted octanol–water partition coefficient (Wildman–Crippen LogP) is 2.61. The fraction of sp³-hybridized carbons (Fsp3) is 0.818. The highest BCUT2D eigenvalue weighted by Crippen LogP contribution is 2.12. The minimum absolute atomic E-state index is 0.171. The number of rotatable bonds is 6. The third-order valence-electron chi connectivity index (χ3n) is 1.85. The van der Waals surface area contributed by atoms with Crippen LogP contribution in [0.3, 0.4) is 0 Å². The van der Waals surface area contributed by atoms with Crippen molar-refractivity contribution in [2.75, 3.05) is 0 Å². The Labute approximate surface area is 80.7 Å². The molecule has 0 rings (SSSR count). The first-order valence-corrected chi connectivity index (χ1v) is 4.93. The Hall–Kier alpha value is -0.660. The third kappa shape index (κ3) is 7.69. The summed E-state index contributed by atoms with van der Waals surface area (Å²) >= 11 is 0. The zero-order chi connectivity index (χ0) is 10.4. The normalized spacial score (nSPS) is 13.0. The van der Waals surface area contributed by atoms with E-state index >= 15 is 0 Å². The summed E-state index contributed by atoms with van der Waals surface area (Å²) in [5, 5.41) is 0. The lowest BCUT2D eigenvalue weighted by molar-refractivity contribution is -0.121. The highest BCUT2D eigenvalue weighted by atomic mass is 16.1. The first-order chi connectivity index (χ1) is 5.91. The van der Waals surface area contributed by atoms with Gasteiger partial charge in [-0.15, -0.1) is 0 Å². The van der Waals surface area contributed by atoms with Crippen molar-refractivity contribution in [1.82, 2.24) is 0 Å². The highest BCUT2D eigenvalue weighted by Gasteiger charge is 2.11. The summed E-state index contributed by atoms with van der Waals surface area (Å²) < 4.78 is 0. The van der Waals surface area contributed by atoms with Gasteiger partial charge in [0.15, 0.2) is 0 Å². The van der Waals surface area contributed by atoms with Crippen molar-refractivity contribution < 1.29 is 9.59 Å². The summed E-state index contributed by atoms with van der Waals surface area (Å²) in [7, 11) is 0. The molecule has 0 aliphatic carbocycles. The number of carbonyl (C=O) groups is 2. The molecule has 0 aliphatic heterocycles. The zero-order valence-electron chi connectivity index (χ0n) is 9.09. The van der Waals surface area contributed by atoms with Crippen LogP contribution in [0.25, 0.3) is 0 Å². The first kappa shape index (κ1) is 12.3. The molecule has 0 fully saturated rings. The van der Waals surface area contributed by atoms with Crippen molar-refractivity contribution in [2.24, 2.45) is 11.8 Å².